The summed E-state index contributed by atoms with van der Waals surface area (Å²) in [5, 5.41) is 0. The van der Waals surface area contributed by atoms with Gasteiger partial charge in [0.05, 0.1) is 12.5 Å². The van der Waals surface area contributed by atoms with E-state index in [4.69, 9.17) is 9.47 Å². The molecule has 2 rings (SSSR count). The third-order valence-corrected chi connectivity index (χ3v) is 3.26. The molecular weight excluding hydrogens is 288 g/mol. The van der Waals surface area contributed by atoms with Gasteiger partial charge in [-0.05, 0) is 42.7 Å². The summed E-state index contributed by atoms with van der Waals surface area (Å²) in [6.07, 6.45) is 2.17. The molecule has 0 aliphatic rings. The lowest BCUT2D eigenvalue weighted by Crippen LogP contribution is -2.08. The highest BCUT2D eigenvalue weighted by Gasteiger charge is 2.06. The molecule has 0 unspecified atom stereocenters. The number of hydrogen-bond acceptors (Lipinski definition) is 3. The van der Waals surface area contributed by atoms with Gasteiger partial charge in [0.1, 0.15) is 12.4 Å². The summed E-state index contributed by atoms with van der Waals surface area (Å²) in [5.41, 5.74) is 2.92. The summed E-state index contributed by atoms with van der Waals surface area (Å²) in [5.74, 6) is 0.565. The fourth-order valence-corrected chi connectivity index (χ4v) is 2.09. The van der Waals surface area contributed by atoms with Gasteiger partial charge in [-0.2, -0.15) is 0 Å². The van der Waals surface area contributed by atoms with E-state index in [2.05, 4.69) is 6.58 Å². The van der Waals surface area contributed by atoms with Gasteiger partial charge in [0, 0.05) is 0 Å². The van der Waals surface area contributed by atoms with E-state index in [9.17, 15) is 4.79 Å². The highest BCUT2D eigenvalue weighted by Crippen LogP contribution is 2.15. The van der Waals surface area contributed by atoms with Crippen LogP contribution in [0.1, 0.15) is 30.5 Å². The van der Waals surface area contributed by atoms with Crippen LogP contribution in [0.5, 0.6) is 5.75 Å². The maximum absolute atomic E-state index is 11.9. The number of benzene rings is 2. The number of hydrogen-bond donors (Lipinski definition) is 0. The van der Waals surface area contributed by atoms with E-state index in [1.54, 1.807) is 6.08 Å². The molecule has 23 heavy (non-hydrogen) atoms. The van der Waals surface area contributed by atoms with Crippen LogP contribution in [0.25, 0.3) is 6.08 Å². The second-order valence-electron chi connectivity index (χ2n) is 5.59. The Morgan fingerprint density at radius 3 is 2.22 bits per heavy atom. The van der Waals surface area contributed by atoms with Crippen molar-refractivity contribution in [1.29, 1.82) is 0 Å². The van der Waals surface area contributed by atoms with Gasteiger partial charge in [-0.3, -0.25) is 4.79 Å². The average molecular weight is 310 g/mol. The molecule has 0 atom stereocenters. The van der Waals surface area contributed by atoms with E-state index in [-0.39, 0.29) is 25.1 Å². The summed E-state index contributed by atoms with van der Waals surface area (Å²) in [4.78, 5) is 11.9. The lowest BCUT2D eigenvalue weighted by atomic mass is 10.1. The van der Waals surface area contributed by atoms with Crippen molar-refractivity contribution in [2.45, 2.75) is 33.0 Å². The van der Waals surface area contributed by atoms with Gasteiger partial charge in [0.15, 0.2) is 0 Å². The molecule has 0 amide bonds. The van der Waals surface area contributed by atoms with Crippen molar-refractivity contribution in [3.63, 3.8) is 0 Å². The van der Waals surface area contributed by atoms with Crippen molar-refractivity contribution >= 4 is 12.0 Å². The van der Waals surface area contributed by atoms with E-state index < -0.39 is 0 Å². The molecule has 0 spiro atoms. The molecule has 2 aromatic rings. The molecular formula is C20H22O3. The number of ether oxygens (including phenoxy) is 2. The monoisotopic (exact) mass is 310 g/mol. The number of rotatable bonds is 7. The highest BCUT2D eigenvalue weighted by atomic mass is 16.5. The van der Waals surface area contributed by atoms with Crippen LogP contribution in [0.3, 0.4) is 0 Å². The zero-order chi connectivity index (χ0) is 16.7. The summed E-state index contributed by atoms with van der Waals surface area (Å²) in [6, 6.07) is 15.3. The summed E-state index contributed by atoms with van der Waals surface area (Å²) >= 11 is 0. The molecule has 0 N–H and O–H groups in total. The molecule has 0 saturated carbocycles. The zero-order valence-corrected chi connectivity index (χ0v) is 13.6. The SMILES string of the molecule is C=Cc1ccc(COC(=O)Cc2ccc(OC(C)C)cc2)cc1. The van der Waals surface area contributed by atoms with Crippen molar-refractivity contribution in [2.24, 2.45) is 0 Å². The Bertz CT molecular complexity index is 640. The van der Waals surface area contributed by atoms with Gasteiger partial charge >= 0.3 is 5.97 Å². The highest BCUT2D eigenvalue weighted by molar-refractivity contribution is 5.72. The Morgan fingerprint density at radius 1 is 1.04 bits per heavy atom. The minimum absolute atomic E-state index is 0.137. The minimum Gasteiger partial charge on any atom is -0.491 e. The Morgan fingerprint density at radius 2 is 1.65 bits per heavy atom. The largest absolute Gasteiger partial charge is 0.491 e. The fourth-order valence-electron chi connectivity index (χ4n) is 2.09. The number of esters is 1. The topological polar surface area (TPSA) is 35.5 Å². The van der Waals surface area contributed by atoms with Gasteiger partial charge in [-0.15, -0.1) is 0 Å². The Kier molecular flexibility index (Phi) is 5.98. The lowest BCUT2D eigenvalue weighted by molar-refractivity contribution is -0.144. The van der Waals surface area contributed by atoms with E-state index in [1.807, 2.05) is 62.4 Å². The average Bonchev–Trinajstić information content (AvgIpc) is 2.55. The van der Waals surface area contributed by atoms with E-state index in [0.717, 1.165) is 22.4 Å². The molecule has 2 aromatic carbocycles. The first-order chi connectivity index (χ1) is 11.1. The predicted octanol–water partition coefficient (Wildman–Crippen LogP) is 4.40. The van der Waals surface area contributed by atoms with Gasteiger partial charge in [-0.25, -0.2) is 0 Å². The molecule has 3 heteroatoms. The summed E-state index contributed by atoms with van der Waals surface area (Å²) < 4.78 is 10.9. The second-order valence-corrected chi connectivity index (χ2v) is 5.59. The smallest absolute Gasteiger partial charge is 0.310 e. The molecule has 0 radical (unpaired) electrons. The van der Waals surface area contributed by atoms with Crippen molar-refractivity contribution < 1.29 is 14.3 Å². The quantitative estimate of drug-likeness (QED) is 0.711. The molecule has 0 bridgehead atoms. The van der Waals surface area contributed by atoms with Gasteiger partial charge < -0.3 is 9.47 Å². The molecule has 0 saturated heterocycles. The van der Waals surface area contributed by atoms with E-state index >= 15 is 0 Å². The standard InChI is InChI=1S/C20H22O3/c1-4-16-5-7-18(8-6-16)14-22-20(21)13-17-9-11-19(12-10-17)23-15(2)3/h4-12,15H,1,13-14H2,2-3H3. The number of carbonyl (C=O) groups is 1. The second kappa shape index (κ2) is 8.18. The van der Waals surface area contributed by atoms with Crippen LogP contribution in [0.2, 0.25) is 0 Å². The Hall–Kier alpha value is -2.55. The molecule has 0 aliphatic carbocycles. The van der Waals surface area contributed by atoms with Gasteiger partial charge in [0.2, 0.25) is 0 Å². The van der Waals surface area contributed by atoms with Crippen LogP contribution in [-0.2, 0) is 22.6 Å². The molecule has 120 valence electrons. The zero-order valence-electron chi connectivity index (χ0n) is 13.6. The first-order valence-corrected chi connectivity index (χ1v) is 7.69. The fraction of sp³-hybridized carbons (Fsp3) is 0.250. The molecule has 3 nitrogen and oxygen atoms in total. The Labute approximate surface area is 137 Å². The minimum atomic E-state index is -0.240. The molecule has 0 aromatic heterocycles. The third-order valence-electron chi connectivity index (χ3n) is 3.26. The van der Waals surface area contributed by atoms with Crippen molar-refractivity contribution in [1.82, 2.24) is 0 Å². The first kappa shape index (κ1) is 16.8. The molecule has 0 aliphatic heterocycles. The number of carbonyl (C=O) groups excluding carboxylic acids is 1. The van der Waals surface area contributed by atoms with Crippen LogP contribution in [-0.4, -0.2) is 12.1 Å². The van der Waals surface area contributed by atoms with Crippen LogP contribution >= 0.6 is 0 Å². The molecule has 0 heterocycles. The lowest BCUT2D eigenvalue weighted by Gasteiger charge is -2.10. The van der Waals surface area contributed by atoms with Crippen LogP contribution < -0.4 is 4.74 Å². The molecule has 0 fully saturated rings. The van der Waals surface area contributed by atoms with Crippen molar-refractivity contribution in [2.75, 3.05) is 0 Å². The predicted molar refractivity (Wildman–Crippen MR) is 92.2 cm³/mol. The Balaban J connectivity index is 1.82. The van der Waals surface area contributed by atoms with Crippen LogP contribution in [0, 0.1) is 0 Å². The van der Waals surface area contributed by atoms with Crippen molar-refractivity contribution in [3.05, 3.63) is 71.8 Å². The van der Waals surface area contributed by atoms with Gasteiger partial charge in [-0.1, -0.05) is 49.1 Å². The van der Waals surface area contributed by atoms with E-state index in [0.29, 0.717) is 0 Å². The van der Waals surface area contributed by atoms with Gasteiger partial charge in [0.25, 0.3) is 0 Å². The van der Waals surface area contributed by atoms with E-state index in [1.165, 1.54) is 0 Å². The summed E-state index contributed by atoms with van der Waals surface area (Å²) in [6.45, 7) is 7.95. The maximum atomic E-state index is 11.9. The maximum Gasteiger partial charge on any atom is 0.310 e. The van der Waals surface area contributed by atoms with Crippen molar-refractivity contribution in [3.8, 4) is 5.75 Å². The summed E-state index contributed by atoms with van der Waals surface area (Å²) in [7, 11) is 0. The van der Waals surface area contributed by atoms with Crippen LogP contribution in [0.15, 0.2) is 55.1 Å². The third kappa shape index (κ3) is 5.62. The normalized spacial score (nSPS) is 10.4. The van der Waals surface area contributed by atoms with Crippen LogP contribution in [0.4, 0.5) is 0 Å². The first-order valence-electron chi connectivity index (χ1n) is 7.69.